The predicted octanol–water partition coefficient (Wildman–Crippen LogP) is 13.2. The molecule has 35 heteroatoms. The molecule has 4 amide bonds. The summed E-state index contributed by atoms with van der Waals surface area (Å²) in [5.41, 5.74) is 2.08. The second-order valence-electron chi connectivity index (χ2n) is 24.4. The number of amides is 4. The summed E-state index contributed by atoms with van der Waals surface area (Å²) < 4.78 is 64.1. The molecule has 0 saturated carbocycles. The minimum absolute atomic E-state index is 0.0111. The van der Waals surface area contributed by atoms with E-state index in [1.54, 1.807) is 135 Å². The molecule has 3 aromatic heterocycles. The van der Waals surface area contributed by atoms with E-state index in [1.807, 2.05) is 121 Å². The number of rotatable bonds is 34. The minimum Gasteiger partial charge on any atom is -0.481 e. The van der Waals surface area contributed by atoms with E-state index in [9.17, 15) is 51.6 Å². The van der Waals surface area contributed by atoms with Crippen molar-refractivity contribution in [3.05, 3.63) is 242 Å². The molecule has 0 saturated heterocycles. The number of carboxylic acid groups (broad SMARTS) is 2. The first kappa shape index (κ1) is 94.4. The number of imidazole rings is 1. The number of aliphatic hydroxyl groups excluding tert-OH is 2. The van der Waals surface area contributed by atoms with Crippen LogP contribution in [-0.2, 0) is 65.4 Å². The lowest BCUT2D eigenvalue weighted by Crippen LogP contribution is -2.32. The van der Waals surface area contributed by atoms with Crippen LogP contribution in [0.15, 0.2) is 256 Å². The molecule has 0 aliphatic heterocycles. The van der Waals surface area contributed by atoms with Gasteiger partial charge in [0, 0.05) is 113 Å². The van der Waals surface area contributed by atoms with Gasteiger partial charge >= 0.3 is 54.6 Å². The Bertz CT molecular complexity index is 4790. The van der Waals surface area contributed by atoms with Crippen LogP contribution in [0.4, 0.5) is 33.6 Å². The molecule has 0 unspecified atom stereocenters. The zero-order chi connectivity index (χ0) is 84.6. The Kier molecular flexibility index (Phi) is 42.7. The van der Waals surface area contributed by atoms with Crippen molar-refractivity contribution in [2.75, 3.05) is 143 Å². The first-order chi connectivity index (χ1) is 56.5. The van der Waals surface area contributed by atoms with Crippen molar-refractivity contribution in [3.63, 3.8) is 0 Å². The maximum absolute atomic E-state index is 12.5. The lowest BCUT2D eigenvalue weighted by molar-refractivity contribution is -0.137. The first-order valence-corrected chi connectivity index (χ1v) is 41.9. The van der Waals surface area contributed by atoms with Crippen molar-refractivity contribution >= 4 is 133 Å². The number of nitrogens with zero attached hydrogens (tertiary/aromatic N) is 8. The minimum atomic E-state index is -3.57. The van der Waals surface area contributed by atoms with E-state index in [-0.39, 0.29) is 89.4 Å². The fourth-order valence-electron chi connectivity index (χ4n) is 9.84. The lowest BCUT2D eigenvalue weighted by Gasteiger charge is -2.17. The average Bonchev–Trinajstić information content (AvgIpc) is 1.65. The van der Waals surface area contributed by atoms with E-state index in [0.717, 1.165) is 31.1 Å². The number of aliphatic carboxylic acids is 2. The molecule has 0 aliphatic rings. The number of carboxylic acids is 2. The highest BCUT2D eigenvalue weighted by molar-refractivity contribution is 8.00. The van der Waals surface area contributed by atoms with E-state index < -0.39 is 64.4 Å². The molecular weight excluding hydrogens is 1610 g/mol. The first-order valence-electron chi connectivity index (χ1n) is 36.3. The summed E-state index contributed by atoms with van der Waals surface area (Å²) in [6, 6.07) is 61.5. The van der Waals surface area contributed by atoms with Crippen molar-refractivity contribution < 1.29 is 105 Å². The van der Waals surface area contributed by atoms with E-state index in [2.05, 4.69) is 4.98 Å². The number of sulfone groups is 1. The van der Waals surface area contributed by atoms with Crippen molar-refractivity contribution in [3.8, 4) is 0 Å². The van der Waals surface area contributed by atoms with E-state index in [1.165, 1.54) is 83.6 Å². The van der Waals surface area contributed by atoms with Crippen LogP contribution >= 0.6 is 47.0 Å². The van der Waals surface area contributed by atoms with Crippen LogP contribution in [-0.4, -0.2) is 264 Å². The Hall–Kier alpha value is -11.5. The number of aromatic nitrogens is 4. The predicted molar refractivity (Wildman–Crippen MR) is 446 cm³/mol. The van der Waals surface area contributed by atoms with Crippen molar-refractivity contribution in [2.45, 2.75) is 37.3 Å². The van der Waals surface area contributed by atoms with Gasteiger partial charge in [-0.2, -0.15) is 0 Å². The zero-order valence-corrected chi connectivity index (χ0v) is 68.9. The maximum atomic E-state index is 12.5. The quantitative estimate of drug-likeness (QED) is 0.0165. The largest absolute Gasteiger partial charge is 0.481 e. The summed E-state index contributed by atoms with van der Waals surface area (Å²) in [7, 11) is 2.62. The van der Waals surface area contributed by atoms with Gasteiger partial charge in [-0.1, -0.05) is 127 Å². The Balaban J connectivity index is 0.000000238. The summed E-state index contributed by atoms with van der Waals surface area (Å²) in [5.74, 6) is 0.464. The number of fused-ring (bicyclic) bond motifs is 2. The topological polar surface area (TPSA) is 374 Å². The molecule has 117 heavy (non-hydrogen) atoms. The summed E-state index contributed by atoms with van der Waals surface area (Å²) >= 11 is 6.53. The number of carbonyl (C=O) groups is 9. The number of likely N-dealkylation sites (N-methyl/N-ethyl adjacent to an activating group) is 4. The molecule has 0 radical (unpaired) electrons. The highest BCUT2D eigenvalue weighted by atomic mass is 32.2. The van der Waals surface area contributed by atoms with Crippen molar-refractivity contribution in [2.24, 2.45) is 0 Å². The van der Waals surface area contributed by atoms with Crippen LogP contribution in [0.3, 0.4) is 0 Å². The molecular formula is C82H94N8O22S5. The molecule has 0 fully saturated rings. The summed E-state index contributed by atoms with van der Waals surface area (Å²) in [6.07, 6.45) is 2.81. The summed E-state index contributed by atoms with van der Waals surface area (Å²) in [6.45, 7) is 1.48. The van der Waals surface area contributed by atoms with Crippen LogP contribution in [0.1, 0.15) is 11.1 Å². The summed E-state index contributed by atoms with van der Waals surface area (Å²) in [4.78, 5) is 120. The number of hydrogen-bond donors (Lipinski definition) is 4. The van der Waals surface area contributed by atoms with Gasteiger partial charge in [0.05, 0.1) is 67.4 Å². The number of carbonyl (C=O) groups excluding carboxylic acids is 7. The van der Waals surface area contributed by atoms with Gasteiger partial charge in [0.2, 0.25) is 0 Å². The van der Waals surface area contributed by atoms with Gasteiger partial charge in [-0.05, 0) is 83.9 Å². The second-order valence-corrected chi connectivity index (χ2v) is 31.2. The molecule has 0 bridgehead atoms. The number of hydrogen-bond acceptors (Lipinski definition) is 25. The molecule has 0 aliphatic carbocycles. The van der Waals surface area contributed by atoms with E-state index >= 15 is 0 Å². The van der Waals surface area contributed by atoms with Gasteiger partial charge in [-0.15, -0.1) is 47.0 Å². The SMILES string of the molecule is CN(CCO)C(=O)OCCSc1ccccc1.CN(CCOC(=O)n1cc(CC(=O)O)c2ccccc21)C(=O)OCCS(=O)(=O)c1ccccc1.CN(CCOC(=O)n1cc(CC(=O)O)c2ccccc21)C(=O)OCCSc1ccccc1.CN(CCOC(=O)n1ccnc1)C(=O)OCCSc1ccccc1.OCCSc1ccccc1. The molecule has 7 aromatic carbocycles. The second kappa shape index (κ2) is 52.9. The molecule has 10 aromatic rings. The average molecular weight is 1700 g/mol. The number of aliphatic hydroxyl groups is 2. The molecule has 30 nitrogen and oxygen atoms in total. The third-order valence-electron chi connectivity index (χ3n) is 15.8. The molecule has 10 rings (SSSR count). The van der Waals surface area contributed by atoms with Gasteiger partial charge in [0.25, 0.3) is 0 Å². The molecule has 4 N–H and O–H groups in total. The smallest absolute Gasteiger partial charge is 0.419 e. The van der Waals surface area contributed by atoms with Gasteiger partial charge in [-0.25, -0.2) is 51.5 Å². The molecule has 624 valence electrons. The van der Waals surface area contributed by atoms with Crippen molar-refractivity contribution in [1.82, 2.24) is 38.3 Å². The summed E-state index contributed by atoms with van der Waals surface area (Å²) in [5, 5.41) is 36.6. The van der Waals surface area contributed by atoms with Crippen LogP contribution < -0.4 is 0 Å². The standard InChI is InChI=1S/C23H24N2O8S.C23H24N2O6S.C16H19N3O4S.C12H17NO3S.C8H10OS/c1-24(22(28)33-13-14-34(30,31)18-7-3-2-4-8-18)11-12-32-23(29)25-16-17(15-21(26)27)19-9-5-6-10-20(19)25;1-24(22(28)31-13-14-32-18-7-3-2-4-8-18)11-12-30-23(29)25-16-17(15-21(26)27)19-9-5-6-10-20(19)25;1-18(9-10-22-16(21)19-8-7-17-13-19)15(20)23-11-12-24-14-5-3-2-4-6-14;1-13(7-8-14)12(15)16-9-10-17-11-5-3-2-4-6-11;9-6-7-10-8-4-2-1-3-5-8/h2-10,16H,11-15H2,1H3,(H,26,27);2-10,16H,11-15H2,1H3,(H,26,27);2-8,13H,9-12H2,1H3;2-6,14H,7-10H2,1H3;1-5,9H,6-7H2. The zero-order valence-electron chi connectivity index (χ0n) is 64.8. The number of thioether (sulfide) groups is 4. The number of benzene rings is 7. The lowest BCUT2D eigenvalue weighted by atomic mass is 10.1. The van der Waals surface area contributed by atoms with Crippen LogP contribution in [0.5, 0.6) is 0 Å². The van der Waals surface area contributed by atoms with Crippen LogP contribution in [0.25, 0.3) is 21.8 Å². The Labute approximate surface area is 694 Å². The fourth-order valence-corrected chi connectivity index (χ4v) is 13.9. The molecule has 0 spiro atoms. The van der Waals surface area contributed by atoms with Crippen molar-refractivity contribution in [1.29, 1.82) is 0 Å². The van der Waals surface area contributed by atoms with E-state index in [0.29, 0.717) is 64.2 Å². The third-order valence-corrected chi connectivity index (χ3v) is 21.4. The van der Waals surface area contributed by atoms with Gasteiger partial charge < -0.3 is 73.2 Å². The maximum Gasteiger partial charge on any atom is 0.419 e. The highest BCUT2D eigenvalue weighted by Gasteiger charge is 2.22. The van der Waals surface area contributed by atoms with Gasteiger partial charge in [-0.3, -0.25) is 18.7 Å². The Morgan fingerprint density at radius 1 is 0.385 bits per heavy atom. The Morgan fingerprint density at radius 3 is 1.05 bits per heavy atom. The van der Waals surface area contributed by atoms with Crippen LogP contribution in [0, 0.1) is 0 Å². The number of para-hydroxylation sites is 2. The molecule has 3 heterocycles. The van der Waals surface area contributed by atoms with Crippen LogP contribution in [0.2, 0.25) is 0 Å². The Morgan fingerprint density at radius 2 is 0.709 bits per heavy atom. The van der Waals surface area contributed by atoms with Gasteiger partial charge in [0.1, 0.15) is 52.6 Å². The normalized spacial score (nSPS) is 10.5. The number of ether oxygens (including phenoxy) is 7. The monoisotopic (exact) mass is 1700 g/mol. The highest BCUT2D eigenvalue weighted by Crippen LogP contribution is 2.25. The van der Waals surface area contributed by atoms with Gasteiger partial charge in [0.15, 0.2) is 9.84 Å². The molecule has 0 atom stereocenters. The third kappa shape index (κ3) is 35.3. The van der Waals surface area contributed by atoms with E-state index in [4.69, 9.17) is 53.6 Å². The fraction of sp³-hybridized carbons (Fsp3) is 0.293.